The van der Waals surface area contributed by atoms with Crippen molar-refractivity contribution in [2.24, 2.45) is 0 Å². The maximum Gasteiger partial charge on any atom is 0.283 e. The lowest BCUT2D eigenvalue weighted by molar-refractivity contribution is -0.118. The lowest BCUT2D eigenvalue weighted by atomic mass is 10.2. The molecule has 158 valence electrons. The number of hydrogen-bond donors (Lipinski definition) is 2. The molecule has 0 spiro atoms. The first-order valence-electron chi connectivity index (χ1n) is 9.43. The van der Waals surface area contributed by atoms with E-state index in [9.17, 15) is 14.0 Å². The van der Waals surface area contributed by atoms with Crippen molar-refractivity contribution in [2.45, 2.75) is 18.6 Å². The maximum atomic E-state index is 13.4. The van der Waals surface area contributed by atoms with Gasteiger partial charge in [0.2, 0.25) is 5.91 Å². The number of nitrogens with one attached hydrogen (secondary N) is 2. The summed E-state index contributed by atoms with van der Waals surface area (Å²) in [6.07, 6.45) is 0. The molecule has 4 aromatic rings. The summed E-state index contributed by atoms with van der Waals surface area (Å²) in [7, 11) is 0. The number of carbonyl (C=O) groups is 1. The summed E-state index contributed by atoms with van der Waals surface area (Å²) in [6, 6.07) is 14.6. The molecule has 4 rings (SSSR count). The van der Waals surface area contributed by atoms with E-state index in [1.165, 1.54) is 28.8 Å². The predicted molar refractivity (Wildman–Crippen MR) is 120 cm³/mol. The van der Waals surface area contributed by atoms with Crippen LogP contribution in [0.1, 0.15) is 11.3 Å². The molecular weight excluding hydrogens is 439 g/mol. The van der Waals surface area contributed by atoms with E-state index in [1.54, 1.807) is 18.2 Å². The average molecular weight is 457 g/mol. The van der Waals surface area contributed by atoms with Crippen molar-refractivity contribution < 1.29 is 9.18 Å². The molecule has 9 heteroatoms. The van der Waals surface area contributed by atoms with E-state index < -0.39 is 5.82 Å². The van der Waals surface area contributed by atoms with Crippen molar-refractivity contribution in [2.75, 3.05) is 5.75 Å². The highest BCUT2D eigenvalue weighted by Gasteiger charge is 2.16. The number of rotatable bonds is 6. The fourth-order valence-corrected chi connectivity index (χ4v) is 4.18. The van der Waals surface area contributed by atoms with Gasteiger partial charge in [-0.05, 0) is 55.0 Å². The SMILES string of the molecule is Cc1cc2nc(SCC(=O)NCc3cccc(Cl)c3)n(-c3ccc(F)cc3)c(=O)c2[nH]1. The molecule has 2 heterocycles. The van der Waals surface area contributed by atoms with Gasteiger partial charge in [0.1, 0.15) is 11.3 Å². The van der Waals surface area contributed by atoms with E-state index in [0.717, 1.165) is 23.0 Å². The van der Waals surface area contributed by atoms with E-state index in [-0.39, 0.29) is 17.2 Å². The largest absolute Gasteiger partial charge is 0.353 e. The van der Waals surface area contributed by atoms with Crippen molar-refractivity contribution in [3.8, 4) is 5.69 Å². The van der Waals surface area contributed by atoms with Gasteiger partial charge < -0.3 is 10.3 Å². The number of thioether (sulfide) groups is 1. The Kier molecular flexibility index (Phi) is 6.11. The standard InChI is InChI=1S/C22H18ClFN4O2S/c1-13-9-18-20(26-13)21(30)28(17-7-5-16(24)6-8-17)22(27-18)31-12-19(29)25-11-14-3-2-4-15(23)10-14/h2-10,26H,11-12H2,1H3,(H,25,29). The Morgan fingerprint density at radius 1 is 1.23 bits per heavy atom. The van der Waals surface area contributed by atoms with Gasteiger partial charge in [0.25, 0.3) is 5.56 Å². The third kappa shape index (κ3) is 4.81. The minimum absolute atomic E-state index is 0.0586. The Bertz CT molecular complexity index is 1320. The lowest BCUT2D eigenvalue weighted by Crippen LogP contribution is -2.26. The molecule has 0 aliphatic heterocycles. The number of aromatic amines is 1. The summed E-state index contributed by atoms with van der Waals surface area (Å²) in [4.78, 5) is 33.1. The number of H-pyrrole nitrogens is 1. The Morgan fingerprint density at radius 3 is 2.74 bits per heavy atom. The van der Waals surface area contributed by atoms with Crippen LogP contribution in [-0.4, -0.2) is 26.2 Å². The molecule has 0 fully saturated rings. The zero-order valence-electron chi connectivity index (χ0n) is 16.5. The van der Waals surface area contributed by atoms with Crippen LogP contribution in [-0.2, 0) is 11.3 Å². The third-order valence-corrected chi connectivity index (χ3v) is 5.73. The normalized spacial score (nSPS) is 11.1. The molecule has 2 N–H and O–H groups in total. The van der Waals surface area contributed by atoms with E-state index in [1.807, 2.05) is 19.1 Å². The predicted octanol–water partition coefficient (Wildman–Crippen LogP) is 4.22. The summed E-state index contributed by atoms with van der Waals surface area (Å²) in [6.45, 7) is 2.17. The summed E-state index contributed by atoms with van der Waals surface area (Å²) in [5.74, 6) is -0.560. The molecule has 2 aromatic carbocycles. The van der Waals surface area contributed by atoms with E-state index in [2.05, 4.69) is 15.3 Å². The Hall–Kier alpha value is -3.10. The van der Waals surface area contributed by atoms with E-state index in [4.69, 9.17) is 11.6 Å². The molecule has 0 aliphatic carbocycles. The van der Waals surface area contributed by atoms with Gasteiger partial charge in [-0.15, -0.1) is 0 Å². The van der Waals surface area contributed by atoms with Gasteiger partial charge in [-0.25, -0.2) is 9.37 Å². The molecular formula is C22H18ClFN4O2S. The minimum atomic E-state index is -0.406. The van der Waals surface area contributed by atoms with Crippen LogP contribution in [0.5, 0.6) is 0 Å². The van der Waals surface area contributed by atoms with Crippen molar-refractivity contribution in [3.05, 3.63) is 87.0 Å². The molecule has 0 aliphatic rings. The first kappa shape index (κ1) is 21.1. The zero-order chi connectivity index (χ0) is 22.0. The lowest BCUT2D eigenvalue weighted by Gasteiger charge is -2.12. The van der Waals surface area contributed by atoms with E-state index in [0.29, 0.717) is 33.4 Å². The van der Waals surface area contributed by atoms with Gasteiger partial charge >= 0.3 is 0 Å². The Balaban J connectivity index is 1.58. The van der Waals surface area contributed by atoms with Crippen LogP contribution in [0.25, 0.3) is 16.7 Å². The number of hydrogen-bond acceptors (Lipinski definition) is 4. The molecule has 31 heavy (non-hydrogen) atoms. The van der Waals surface area contributed by atoms with Gasteiger partial charge in [0.05, 0.1) is 17.0 Å². The number of nitrogens with zero attached hydrogens (tertiary/aromatic N) is 2. The first-order chi connectivity index (χ1) is 14.9. The highest BCUT2D eigenvalue weighted by Crippen LogP contribution is 2.22. The van der Waals surface area contributed by atoms with Gasteiger partial charge in [0, 0.05) is 17.3 Å². The van der Waals surface area contributed by atoms with Crippen LogP contribution in [0.15, 0.2) is 64.5 Å². The molecule has 0 saturated heterocycles. The van der Waals surface area contributed by atoms with Crippen molar-refractivity contribution >= 4 is 40.3 Å². The fraction of sp³-hybridized carbons (Fsp3) is 0.136. The monoisotopic (exact) mass is 456 g/mol. The van der Waals surface area contributed by atoms with Crippen LogP contribution >= 0.6 is 23.4 Å². The number of fused-ring (bicyclic) bond motifs is 1. The first-order valence-corrected chi connectivity index (χ1v) is 10.8. The summed E-state index contributed by atoms with van der Waals surface area (Å²) in [5.41, 5.74) is 2.71. The van der Waals surface area contributed by atoms with Crippen LogP contribution in [0.3, 0.4) is 0 Å². The Labute approximate surface area is 186 Å². The van der Waals surface area contributed by atoms with Crippen LogP contribution in [0.4, 0.5) is 4.39 Å². The number of halogens is 2. The number of carbonyl (C=O) groups excluding carboxylic acids is 1. The molecule has 6 nitrogen and oxygen atoms in total. The number of amides is 1. The average Bonchev–Trinajstić information content (AvgIpc) is 3.12. The van der Waals surface area contributed by atoms with Crippen molar-refractivity contribution in [1.82, 2.24) is 19.9 Å². The minimum Gasteiger partial charge on any atom is -0.353 e. The third-order valence-electron chi connectivity index (χ3n) is 4.55. The fourth-order valence-electron chi connectivity index (χ4n) is 3.12. The second-order valence-electron chi connectivity index (χ2n) is 6.92. The molecule has 0 radical (unpaired) electrons. The smallest absolute Gasteiger partial charge is 0.283 e. The number of aromatic nitrogens is 3. The van der Waals surface area contributed by atoms with Gasteiger partial charge in [-0.1, -0.05) is 35.5 Å². The molecule has 0 unspecified atom stereocenters. The highest BCUT2D eigenvalue weighted by molar-refractivity contribution is 7.99. The van der Waals surface area contributed by atoms with Gasteiger partial charge in [-0.3, -0.25) is 14.2 Å². The topological polar surface area (TPSA) is 79.8 Å². The van der Waals surface area contributed by atoms with Crippen molar-refractivity contribution in [3.63, 3.8) is 0 Å². The molecule has 0 saturated carbocycles. The second-order valence-corrected chi connectivity index (χ2v) is 8.30. The molecule has 0 atom stereocenters. The second kappa shape index (κ2) is 8.95. The summed E-state index contributed by atoms with van der Waals surface area (Å²) in [5, 5.41) is 3.78. The highest BCUT2D eigenvalue weighted by atomic mass is 35.5. The van der Waals surface area contributed by atoms with Crippen LogP contribution in [0.2, 0.25) is 5.02 Å². The number of benzene rings is 2. The summed E-state index contributed by atoms with van der Waals surface area (Å²) < 4.78 is 14.8. The zero-order valence-corrected chi connectivity index (χ0v) is 18.1. The summed E-state index contributed by atoms with van der Waals surface area (Å²) >= 11 is 7.10. The van der Waals surface area contributed by atoms with Crippen molar-refractivity contribution in [1.29, 1.82) is 0 Å². The molecule has 0 bridgehead atoms. The molecule has 2 aromatic heterocycles. The Morgan fingerprint density at radius 2 is 2.00 bits per heavy atom. The van der Waals surface area contributed by atoms with Gasteiger partial charge in [0.15, 0.2) is 5.16 Å². The maximum absolute atomic E-state index is 13.4. The van der Waals surface area contributed by atoms with Crippen LogP contribution < -0.4 is 10.9 Å². The van der Waals surface area contributed by atoms with E-state index >= 15 is 0 Å². The van der Waals surface area contributed by atoms with Crippen LogP contribution in [0, 0.1) is 12.7 Å². The number of aryl methyl sites for hydroxylation is 1. The molecule has 1 amide bonds. The van der Waals surface area contributed by atoms with Gasteiger partial charge in [-0.2, -0.15) is 0 Å². The quantitative estimate of drug-likeness (QED) is 0.336.